The molecule has 1 aromatic carbocycles. The second kappa shape index (κ2) is 5.68. The summed E-state index contributed by atoms with van der Waals surface area (Å²) in [6.07, 6.45) is 4.51. The minimum Gasteiger partial charge on any atom is -0.348 e. The van der Waals surface area contributed by atoms with Gasteiger partial charge < -0.3 is 10.3 Å². The summed E-state index contributed by atoms with van der Waals surface area (Å²) in [5.41, 5.74) is 2.36. The van der Waals surface area contributed by atoms with Crippen LogP contribution in [-0.2, 0) is 13.0 Å². The number of halogens is 1. The van der Waals surface area contributed by atoms with Crippen molar-refractivity contribution in [2.45, 2.75) is 13.0 Å². The second-order valence-corrected chi connectivity index (χ2v) is 4.07. The number of imidazole rings is 1. The molecule has 2 N–H and O–H groups in total. The highest BCUT2D eigenvalue weighted by Crippen LogP contribution is 2.10. The smallest absolute Gasteiger partial charge is 0.0921 e. The number of aromatic nitrogens is 2. The summed E-state index contributed by atoms with van der Waals surface area (Å²) in [7, 11) is 0. The molecular weight excluding hydrogens is 222 g/mol. The van der Waals surface area contributed by atoms with Crippen molar-refractivity contribution in [3.8, 4) is 0 Å². The highest BCUT2D eigenvalue weighted by Gasteiger charge is 1.95. The fourth-order valence-corrected chi connectivity index (χ4v) is 1.74. The van der Waals surface area contributed by atoms with Gasteiger partial charge in [0.05, 0.1) is 6.33 Å². The predicted molar refractivity (Wildman–Crippen MR) is 65.5 cm³/mol. The Hall–Kier alpha value is -1.32. The van der Waals surface area contributed by atoms with Gasteiger partial charge in [-0.15, -0.1) is 0 Å². The zero-order chi connectivity index (χ0) is 11.2. The first kappa shape index (κ1) is 11.2. The number of rotatable bonds is 5. The highest BCUT2D eigenvalue weighted by atomic mass is 35.5. The van der Waals surface area contributed by atoms with Gasteiger partial charge in [-0.2, -0.15) is 0 Å². The van der Waals surface area contributed by atoms with E-state index in [0.717, 1.165) is 30.2 Å². The molecule has 2 aromatic rings. The Morgan fingerprint density at radius 1 is 1.38 bits per heavy atom. The Morgan fingerprint density at radius 3 is 3.06 bits per heavy atom. The molecule has 1 aromatic heterocycles. The van der Waals surface area contributed by atoms with Gasteiger partial charge in [-0.1, -0.05) is 23.7 Å². The van der Waals surface area contributed by atoms with E-state index >= 15 is 0 Å². The van der Waals surface area contributed by atoms with Crippen LogP contribution in [0.2, 0.25) is 5.02 Å². The molecule has 0 saturated carbocycles. The van der Waals surface area contributed by atoms with Gasteiger partial charge in [0.2, 0.25) is 0 Å². The van der Waals surface area contributed by atoms with E-state index in [9.17, 15) is 0 Å². The van der Waals surface area contributed by atoms with Crippen LogP contribution < -0.4 is 5.32 Å². The van der Waals surface area contributed by atoms with E-state index in [-0.39, 0.29) is 0 Å². The number of nitrogens with zero attached hydrogens (tertiary/aromatic N) is 1. The molecule has 0 saturated heterocycles. The van der Waals surface area contributed by atoms with Crippen LogP contribution in [0.1, 0.15) is 11.3 Å². The van der Waals surface area contributed by atoms with Crippen molar-refractivity contribution in [1.82, 2.24) is 15.3 Å². The Morgan fingerprint density at radius 2 is 2.31 bits per heavy atom. The summed E-state index contributed by atoms with van der Waals surface area (Å²) in [6.45, 7) is 1.77. The molecule has 0 bridgehead atoms. The molecule has 0 spiro atoms. The predicted octanol–water partition coefficient (Wildman–Crippen LogP) is 2.40. The van der Waals surface area contributed by atoms with Crippen molar-refractivity contribution in [3.05, 3.63) is 53.1 Å². The molecule has 0 fully saturated rings. The number of nitrogens with one attached hydrogen (secondary N) is 2. The molecule has 0 radical (unpaired) electrons. The van der Waals surface area contributed by atoms with Gasteiger partial charge in [-0.05, 0) is 17.7 Å². The van der Waals surface area contributed by atoms with E-state index in [4.69, 9.17) is 11.6 Å². The first-order chi connectivity index (χ1) is 7.84. The van der Waals surface area contributed by atoms with Gasteiger partial charge >= 0.3 is 0 Å². The summed E-state index contributed by atoms with van der Waals surface area (Å²) in [5.74, 6) is 0. The normalized spacial score (nSPS) is 10.6. The number of hydrogen-bond acceptors (Lipinski definition) is 2. The SMILES string of the molecule is Clc1cccc(CNCCc2cnc[nH]2)c1. The van der Waals surface area contributed by atoms with Gasteiger partial charge in [0, 0.05) is 36.4 Å². The third kappa shape index (κ3) is 3.36. The van der Waals surface area contributed by atoms with Crippen LogP contribution in [0.3, 0.4) is 0 Å². The van der Waals surface area contributed by atoms with Crippen molar-refractivity contribution in [1.29, 1.82) is 0 Å². The largest absolute Gasteiger partial charge is 0.348 e. The van der Waals surface area contributed by atoms with Crippen LogP contribution in [0.15, 0.2) is 36.8 Å². The first-order valence-corrected chi connectivity index (χ1v) is 5.65. The van der Waals surface area contributed by atoms with Gasteiger partial charge in [-0.3, -0.25) is 0 Å². The summed E-state index contributed by atoms with van der Waals surface area (Å²) >= 11 is 5.90. The molecule has 0 aliphatic carbocycles. The minimum absolute atomic E-state index is 0.785. The molecule has 2 rings (SSSR count). The number of hydrogen-bond donors (Lipinski definition) is 2. The van der Waals surface area contributed by atoms with Crippen LogP contribution >= 0.6 is 11.6 Å². The van der Waals surface area contributed by atoms with Crippen molar-refractivity contribution in [2.75, 3.05) is 6.54 Å². The van der Waals surface area contributed by atoms with Crippen molar-refractivity contribution in [2.24, 2.45) is 0 Å². The first-order valence-electron chi connectivity index (χ1n) is 5.27. The van der Waals surface area contributed by atoms with Crippen LogP contribution in [-0.4, -0.2) is 16.5 Å². The Kier molecular flexibility index (Phi) is 3.97. The average molecular weight is 236 g/mol. The van der Waals surface area contributed by atoms with Crippen molar-refractivity contribution in [3.63, 3.8) is 0 Å². The Labute approximate surface area is 99.9 Å². The third-order valence-electron chi connectivity index (χ3n) is 2.34. The molecule has 0 aliphatic heterocycles. The molecule has 0 amide bonds. The lowest BCUT2D eigenvalue weighted by Gasteiger charge is -2.04. The van der Waals surface area contributed by atoms with Gasteiger partial charge in [-0.25, -0.2) is 4.98 Å². The zero-order valence-electron chi connectivity index (χ0n) is 8.91. The Balaban J connectivity index is 1.72. The molecule has 84 valence electrons. The molecule has 0 atom stereocenters. The third-order valence-corrected chi connectivity index (χ3v) is 2.58. The molecule has 4 heteroatoms. The quantitative estimate of drug-likeness (QED) is 0.782. The van der Waals surface area contributed by atoms with E-state index in [1.54, 1.807) is 6.33 Å². The number of aromatic amines is 1. The van der Waals surface area contributed by atoms with Gasteiger partial charge in [0.15, 0.2) is 0 Å². The topological polar surface area (TPSA) is 40.7 Å². The standard InChI is InChI=1S/C12H14ClN3/c13-11-3-1-2-10(6-11)7-14-5-4-12-8-15-9-16-12/h1-3,6,8-9,14H,4-5,7H2,(H,15,16). The second-order valence-electron chi connectivity index (χ2n) is 3.63. The fourth-order valence-electron chi connectivity index (χ4n) is 1.52. The number of benzene rings is 1. The van der Waals surface area contributed by atoms with Crippen LogP contribution in [0.5, 0.6) is 0 Å². The summed E-state index contributed by atoms with van der Waals surface area (Å²) in [5, 5.41) is 4.15. The lowest BCUT2D eigenvalue weighted by atomic mass is 10.2. The maximum atomic E-state index is 5.90. The lowest BCUT2D eigenvalue weighted by molar-refractivity contribution is 0.681. The molecule has 1 heterocycles. The minimum atomic E-state index is 0.785. The van der Waals surface area contributed by atoms with E-state index < -0.39 is 0 Å². The molecular formula is C12H14ClN3. The molecule has 3 nitrogen and oxygen atoms in total. The fraction of sp³-hybridized carbons (Fsp3) is 0.250. The molecule has 0 unspecified atom stereocenters. The number of H-pyrrole nitrogens is 1. The average Bonchev–Trinajstić information content (AvgIpc) is 2.77. The van der Waals surface area contributed by atoms with Crippen LogP contribution in [0.25, 0.3) is 0 Å². The lowest BCUT2D eigenvalue weighted by Crippen LogP contribution is -2.16. The summed E-state index contributed by atoms with van der Waals surface area (Å²) in [6, 6.07) is 7.89. The van der Waals surface area contributed by atoms with Crippen molar-refractivity contribution >= 4 is 11.6 Å². The van der Waals surface area contributed by atoms with Gasteiger partial charge in [0.1, 0.15) is 0 Å². The Bertz CT molecular complexity index is 426. The van der Waals surface area contributed by atoms with E-state index in [1.807, 2.05) is 24.4 Å². The zero-order valence-corrected chi connectivity index (χ0v) is 9.67. The van der Waals surface area contributed by atoms with E-state index in [0.29, 0.717) is 0 Å². The highest BCUT2D eigenvalue weighted by molar-refractivity contribution is 6.30. The van der Waals surface area contributed by atoms with E-state index in [2.05, 4.69) is 21.4 Å². The molecule has 0 aliphatic rings. The monoisotopic (exact) mass is 235 g/mol. The van der Waals surface area contributed by atoms with E-state index in [1.165, 1.54) is 5.56 Å². The van der Waals surface area contributed by atoms with Gasteiger partial charge in [0.25, 0.3) is 0 Å². The van der Waals surface area contributed by atoms with Crippen LogP contribution in [0, 0.1) is 0 Å². The molecule has 16 heavy (non-hydrogen) atoms. The summed E-state index contributed by atoms with van der Waals surface area (Å²) < 4.78 is 0. The maximum Gasteiger partial charge on any atom is 0.0921 e. The van der Waals surface area contributed by atoms with Crippen LogP contribution in [0.4, 0.5) is 0 Å². The van der Waals surface area contributed by atoms with Crippen molar-refractivity contribution < 1.29 is 0 Å². The maximum absolute atomic E-state index is 5.90. The summed E-state index contributed by atoms with van der Waals surface area (Å²) in [4.78, 5) is 7.04.